The van der Waals surface area contributed by atoms with Gasteiger partial charge in [0.2, 0.25) is 0 Å². The molecule has 4 heterocycles. The summed E-state index contributed by atoms with van der Waals surface area (Å²) in [5.41, 5.74) is 1.78. The van der Waals surface area contributed by atoms with Gasteiger partial charge in [0.15, 0.2) is 11.0 Å². The number of nitrogens with zero attached hydrogens (tertiary/aromatic N) is 4. The number of aromatic nitrogens is 5. The van der Waals surface area contributed by atoms with E-state index in [0.29, 0.717) is 33.8 Å². The van der Waals surface area contributed by atoms with E-state index < -0.39 is 0 Å². The molecule has 1 unspecified atom stereocenters. The molecule has 7 nitrogen and oxygen atoms in total. The van der Waals surface area contributed by atoms with Gasteiger partial charge in [-0.05, 0) is 62.7 Å². The zero-order chi connectivity index (χ0) is 23.1. The van der Waals surface area contributed by atoms with Gasteiger partial charge in [0, 0.05) is 15.5 Å². The van der Waals surface area contributed by atoms with Crippen molar-refractivity contribution in [2.75, 3.05) is 0 Å². The Hall–Kier alpha value is -2.88. The van der Waals surface area contributed by atoms with E-state index in [1.54, 1.807) is 17.6 Å². The second-order valence-corrected chi connectivity index (χ2v) is 10.6. The topological polar surface area (TPSA) is 89.6 Å². The Balaban J connectivity index is 1.52. The number of thiophene rings is 1. The average molecular weight is 498 g/mol. The van der Waals surface area contributed by atoms with Gasteiger partial charge in [-0.15, -0.1) is 21.5 Å². The molecular formula is C23H20ClN5O2S2. The predicted octanol–water partition coefficient (Wildman–Crippen LogP) is 6.01. The lowest BCUT2D eigenvalue weighted by molar-refractivity contribution is 0.485. The lowest BCUT2D eigenvalue weighted by Gasteiger charge is -2.12. The van der Waals surface area contributed by atoms with Crippen molar-refractivity contribution in [1.29, 1.82) is 0 Å². The van der Waals surface area contributed by atoms with Gasteiger partial charge in [-0.25, -0.2) is 4.98 Å². The number of aromatic amines is 1. The Morgan fingerprint density at radius 2 is 2.00 bits per heavy atom. The van der Waals surface area contributed by atoms with Gasteiger partial charge in [-0.2, -0.15) is 0 Å². The number of hydrogen-bond acceptors (Lipinski definition) is 7. The van der Waals surface area contributed by atoms with Crippen LogP contribution in [0.5, 0.6) is 0 Å². The summed E-state index contributed by atoms with van der Waals surface area (Å²) in [7, 11) is 0. The van der Waals surface area contributed by atoms with Crippen LogP contribution in [0.3, 0.4) is 0 Å². The van der Waals surface area contributed by atoms with Crippen LogP contribution in [0.15, 0.2) is 57.0 Å². The number of hydrogen-bond donors (Lipinski definition) is 1. The van der Waals surface area contributed by atoms with Crippen molar-refractivity contribution in [2.24, 2.45) is 0 Å². The maximum Gasteiger partial charge on any atom is 0.259 e. The fourth-order valence-electron chi connectivity index (χ4n) is 3.57. The molecule has 1 N–H and O–H groups in total. The highest BCUT2D eigenvalue weighted by atomic mass is 35.5. The molecule has 4 aromatic heterocycles. The van der Waals surface area contributed by atoms with Gasteiger partial charge in [-0.1, -0.05) is 23.4 Å². The zero-order valence-electron chi connectivity index (χ0n) is 18.1. The van der Waals surface area contributed by atoms with Crippen molar-refractivity contribution in [2.45, 2.75) is 37.7 Å². The van der Waals surface area contributed by atoms with Crippen LogP contribution in [-0.4, -0.2) is 24.7 Å². The van der Waals surface area contributed by atoms with Crippen molar-refractivity contribution in [3.05, 3.63) is 80.1 Å². The largest absolute Gasteiger partial charge is 0.467 e. The number of furan rings is 1. The van der Waals surface area contributed by atoms with Crippen molar-refractivity contribution >= 4 is 44.9 Å². The van der Waals surface area contributed by atoms with Gasteiger partial charge >= 0.3 is 0 Å². The highest BCUT2D eigenvalue weighted by Crippen LogP contribution is 2.35. The average Bonchev–Trinajstić information content (AvgIpc) is 3.50. The summed E-state index contributed by atoms with van der Waals surface area (Å²) in [6.07, 6.45) is 1.64. The molecule has 168 valence electrons. The van der Waals surface area contributed by atoms with E-state index >= 15 is 0 Å². The highest BCUT2D eigenvalue weighted by molar-refractivity contribution is 7.99. The van der Waals surface area contributed by atoms with E-state index in [9.17, 15) is 4.79 Å². The van der Waals surface area contributed by atoms with E-state index in [0.717, 1.165) is 26.6 Å². The van der Waals surface area contributed by atoms with Gasteiger partial charge < -0.3 is 9.40 Å². The third kappa shape index (κ3) is 4.23. The minimum atomic E-state index is -0.151. The molecule has 0 radical (unpaired) electrons. The van der Waals surface area contributed by atoms with E-state index in [1.807, 2.05) is 61.7 Å². The normalized spacial score (nSPS) is 12.5. The van der Waals surface area contributed by atoms with Gasteiger partial charge in [0.25, 0.3) is 5.56 Å². The number of fused-ring (bicyclic) bond motifs is 1. The summed E-state index contributed by atoms with van der Waals surface area (Å²) in [4.78, 5) is 22.3. The molecule has 0 fully saturated rings. The molecule has 10 heteroatoms. The maximum absolute atomic E-state index is 12.7. The van der Waals surface area contributed by atoms with Crippen molar-refractivity contribution in [3.63, 3.8) is 0 Å². The molecule has 1 aromatic carbocycles. The van der Waals surface area contributed by atoms with Crippen LogP contribution < -0.4 is 5.56 Å². The van der Waals surface area contributed by atoms with E-state index in [-0.39, 0.29) is 10.8 Å². The number of nitrogens with one attached hydrogen (secondary N) is 1. The molecule has 0 bridgehead atoms. The number of benzene rings is 1. The summed E-state index contributed by atoms with van der Waals surface area (Å²) in [5, 5.41) is 10.8. The fraction of sp³-hybridized carbons (Fsp3) is 0.217. The van der Waals surface area contributed by atoms with Crippen LogP contribution in [0.4, 0.5) is 0 Å². The van der Waals surface area contributed by atoms with Crippen LogP contribution in [0.25, 0.3) is 21.6 Å². The summed E-state index contributed by atoms with van der Waals surface area (Å²) < 4.78 is 7.57. The fourth-order valence-corrected chi connectivity index (χ4v) is 5.64. The van der Waals surface area contributed by atoms with Crippen LogP contribution in [-0.2, 0) is 6.54 Å². The molecule has 0 saturated heterocycles. The first-order valence-electron chi connectivity index (χ1n) is 10.3. The summed E-state index contributed by atoms with van der Waals surface area (Å²) in [6, 6.07) is 11.2. The Morgan fingerprint density at radius 3 is 2.73 bits per heavy atom. The Bertz CT molecular complexity index is 1490. The number of rotatable bonds is 6. The molecule has 33 heavy (non-hydrogen) atoms. The zero-order valence-corrected chi connectivity index (χ0v) is 20.5. The molecule has 0 spiro atoms. The first-order chi connectivity index (χ1) is 15.9. The smallest absolute Gasteiger partial charge is 0.259 e. The standard InChI is InChI=1S/C23H20ClN5O2S2/c1-12-13(2)32-22-18(12)21(30)25-19(26-22)14(3)33-23-28-27-20(15-6-8-16(24)9-7-15)29(23)11-17-5-4-10-31-17/h4-10,14H,11H2,1-3H3,(H,25,26,30). The minimum absolute atomic E-state index is 0.108. The molecule has 5 aromatic rings. The molecule has 0 aliphatic rings. The van der Waals surface area contributed by atoms with Gasteiger partial charge in [0.1, 0.15) is 16.4 Å². The summed E-state index contributed by atoms with van der Waals surface area (Å²) in [5.74, 6) is 2.11. The van der Waals surface area contributed by atoms with E-state index in [4.69, 9.17) is 21.0 Å². The first kappa shape index (κ1) is 21.9. The quantitative estimate of drug-likeness (QED) is 0.289. The third-order valence-electron chi connectivity index (χ3n) is 5.44. The molecule has 0 saturated carbocycles. The summed E-state index contributed by atoms with van der Waals surface area (Å²) in [6.45, 7) is 6.43. The second kappa shape index (κ2) is 8.81. The third-order valence-corrected chi connectivity index (χ3v) is 7.88. The van der Waals surface area contributed by atoms with Crippen molar-refractivity contribution in [3.8, 4) is 11.4 Å². The monoisotopic (exact) mass is 497 g/mol. The lowest BCUT2D eigenvalue weighted by atomic mass is 10.2. The number of halogens is 1. The van der Waals surface area contributed by atoms with Crippen LogP contribution >= 0.6 is 34.7 Å². The van der Waals surface area contributed by atoms with Gasteiger partial charge in [0.05, 0.1) is 23.4 Å². The predicted molar refractivity (Wildman–Crippen MR) is 132 cm³/mol. The number of H-pyrrole nitrogens is 1. The number of aryl methyl sites for hydroxylation is 2. The van der Waals surface area contributed by atoms with Gasteiger partial charge in [-0.3, -0.25) is 9.36 Å². The Kier molecular flexibility index (Phi) is 5.86. The van der Waals surface area contributed by atoms with E-state index in [1.165, 1.54) is 11.8 Å². The number of thioether (sulfide) groups is 1. The minimum Gasteiger partial charge on any atom is -0.467 e. The highest BCUT2D eigenvalue weighted by Gasteiger charge is 2.21. The van der Waals surface area contributed by atoms with Crippen LogP contribution in [0.1, 0.15) is 34.2 Å². The van der Waals surface area contributed by atoms with Crippen molar-refractivity contribution in [1.82, 2.24) is 24.7 Å². The Morgan fingerprint density at radius 1 is 1.21 bits per heavy atom. The second-order valence-electron chi connectivity index (χ2n) is 7.65. The maximum atomic E-state index is 12.7. The summed E-state index contributed by atoms with van der Waals surface area (Å²) >= 11 is 9.09. The Labute approximate surface area is 202 Å². The molecule has 1 atom stereocenters. The SMILES string of the molecule is Cc1sc2nc(C(C)Sc3nnc(-c4ccc(Cl)cc4)n3Cc3ccco3)[nH]c(=O)c2c1C. The molecule has 5 rings (SSSR count). The molecule has 0 aliphatic heterocycles. The first-order valence-corrected chi connectivity index (χ1v) is 12.4. The van der Waals surface area contributed by atoms with Crippen LogP contribution in [0.2, 0.25) is 5.02 Å². The van der Waals surface area contributed by atoms with Crippen molar-refractivity contribution < 1.29 is 4.42 Å². The van der Waals surface area contributed by atoms with Crippen LogP contribution in [0, 0.1) is 13.8 Å². The lowest BCUT2D eigenvalue weighted by Crippen LogP contribution is -2.13. The molecule has 0 amide bonds. The molecule has 0 aliphatic carbocycles. The molecular weight excluding hydrogens is 478 g/mol. The van der Waals surface area contributed by atoms with E-state index in [2.05, 4.69) is 15.2 Å².